The number of phosphoric acid groups is 1. The molecule has 0 aliphatic carbocycles. The summed E-state index contributed by atoms with van der Waals surface area (Å²) in [6.07, 6.45) is 43.8. The maximum atomic E-state index is 12.6. The van der Waals surface area contributed by atoms with E-state index in [2.05, 4.69) is 26.0 Å². The topological polar surface area (TPSA) is 134 Å². The van der Waals surface area contributed by atoms with Crippen molar-refractivity contribution >= 4 is 19.8 Å². The number of esters is 2. The largest absolute Gasteiger partial charge is 0.472 e. The molecule has 9 nitrogen and oxygen atoms in total. The summed E-state index contributed by atoms with van der Waals surface area (Å²) in [5.41, 5.74) is 5.35. The van der Waals surface area contributed by atoms with Crippen molar-refractivity contribution < 1.29 is 37.6 Å². The molecule has 0 fully saturated rings. The summed E-state index contributed by atoms with van der Waals surface area (Å²) in [6.45, 7) is 3.76. The Morgan fingerprint density at radius 1 is 0.527 bits per heavy atom. The predicted molar refractivity (Wildman–Crippen MR) is 229 cm³/mol. The Bertz CT molecular complexity index is 917. The fourth-order valence-corrected chi connectivity index (χ4v) is 7.45. The molecule has 55 heavy (non-hydrogen) atoms. The molecule has 0 aromatic carbocycles. The standard InChI is InChI=1S/C45H88NO8P/c1-3-5-7-9-11-13-15-17-19-20-21-22-24-25-27-29-31-33-35-37-44(47)51-41-43(42-53-55(49,50)52-40-39-46)54-45(48)38-36-34-32-30-28-26-23-18-16-14-12-10-8-6-4-2/h17,19,43H,3-16,18,20-42,46H2,1-2H3,(H,49,50)/b19-17+/t43-/m1/s1. The van der Waals surface area contributed by atoms with Gasteiger partial charge in [0.05, 0.1) is 13.2 Å². The zero-order valence-electron chi connectivity index (χ0n) is 35.9. The van der Waals surface area contributed by atoms with Crippen molar-refractivity contribution in [3.05, 3.63) is 12.2 Å². The van der Waals surface area contributed by atoms with Crippen LogP contribution in [-0.2, 0) is 32.7 Å². The molecule has 0 aromatic rings. The minimum Gasteiger partial charge on any atom is -0.462 e. The first-order valence-corrected chi connectivity index (χ1v) is 24.7. The van der Waals surface area contributed by atoms with E-state index >= 15 is 0 Å². The molecule has 0 saturated heterocycles. The van der Waals surface area contributed by atoms with Crippen molar-refractivity contribution in [1.82, 2.24) is 0 Å². The molecule has 3 N–H and O–H groups in total. The molecular weight excluding hydrogens is 713 g/mol. The highest BCUT2D eigenvalue weighted by molar-refractivity contribution is 7.47. The maximum absolute atomic E-state index is 12.6. The van der Waals surface area contributed by atoms with E-state index in [1.807, 2.05) is 0 Å². The van der Waals surface area contributed by atoms with Crippen LogP contribution >= 0.6 is 7.82 Å². The van der Waals surface area contributed by atoms with Crippen LogP contribution in [-0.4, -0.2) is 49.3 Å². The molecule has 0 bridgehead atoms. The van der Waals surface area contributed by atoms with Gasteiger partial charge in [-0.2, -0.15) is 0 Å². The minimum absolute atomic E-state index is 0.0562. The van der Waals surface area contributed by atoms with Crippen LogP contribution < -0.4 is 5.73 Å². The van der Waals surface area contributed by atoms with E-state index in [-0.39, 0.29) is 38.6 Å². The highest BCUT2D eigenvalue weighted by Gasteiger charge is 2.26. The van der Waals surface area contributed by atoms with Gasteiger partial charge in [-0.25, -0.2) is 4.57 Å². The van der Waals surface area contributed by atoms with Crippen LogP contribution in [0.25, 0.3) is 0 Å². The smallest absolute Gasteiger partial charge is 0.462 e. The van der Waals surface area contributed by atoms with Crippen LogP contribution in [0, 0.1) is 0 Å². The van der Waals surface area contributed by atoms with Crippen molar-refractivity contribution in [2.75, 3.05) is 26.4 Å². The number of hydrogen-bond donors (Lipinski definition) is 2. The van der Waals surface area contributed by atoms with Crippen molar-refractivity contribution in [3.8, 4) is 0 Å². The first-order valence-electron chi connectivity index (χ1n) is 23.2. The number of allylic oxidation sites excluding steroid dienone is 2. The lowest BCUT2D eigenvalue weighted by Gasteiger charge is -2.19. The van der Waals surface area contributed by atoms with Crippen LogP contribution in [0.15, 0.2) is 12.2 Å². The van der Waals surface area contributed by atoms with Crippen LogP contribution in [0.5, 0.6) is 0 Å². The normalized spacial score (nSPS) is 13.3. The summed E-state index contributed by atoms with van der Waals surface area (Å²) in [7, 11) is -4.37. The second-order valence-corrected chi connectivity index (χ2v) is 17.1. The van der Waals surface area contributed by atoms with E-state index in [1.165, 1.54) is 167 Å². The van der Waals surface area contributed by atoms with Crippen molar-refractivity contribution in [2.45, 2.75) is 238 Å². The van der Waals surface area contributed by atoms with E-state index in [9.17, 15) is 19.0 Å². The van der Waals surface area contributed by atoms with Gasteiger partial charge < -0.3 is 20.1 Å². The molecule has 0 rings (SSSR count). The number of nitrogens with two attached hydrogens (primary N) is 1. The number of carbonyl (C=O) groups excluding carboxylic acids is 2. The number of phosphoric ester groups is 1. The lowest BCUT2D eigenvalue weighted by Crippen LogP contribution is -2.29. The Hall–Kier alpha value is -1.25. The zero-order chi connectivity index (χ0) is 40.3. The zero-order valence-corrected chi connectivity index (χ0v) is 36.8. The number of rotatable bonds is 44. The van der Waals surface area contributed by atoms with Gasteiger partial charge in [-0.15, -0.1) is 0 Å². The summed E-state index contributed by atoms with van der Waals surface area (Å²) in [4.78, 5) is 34.9. The van der Waals surface area contributed by atoms with Gasteiger partial charge in [-0.1, -0.05) is 193 Å². The monoisotopic (exact) mass is 802 g/mol. The summed E-state index contributed by atoms with van der Waals surface area (Å²) in [5.74, 6) is -0.818. The Labute approximate surface area is 339 Å². The third-order valence-electron chi connectivity index (χ3n) is 10.2. The van der Waals surface area contributed by atoms with Crippen molar-refractivity contribution in [1.29, 1.82) is 0 Å². The van der Waals surface area contributed by atoms with E-state index in [0.29, 0.717) is 6.42 Å². The average Bonchev–Trinajstić information content (AvgIpc) is 3.17. The molecular formula is C45H88NO8P. The molecule has 1 unspecified atom stereocenters. The minimum atomic E-state index is -4.37. The van der Waals surface area contributed by atoms with Crippen molar-refractivity contribution in [2.24, 2.45) is 5.73 Å². The fraction of sp³-hybridized carbons (Fsp3) is 0.911. The number of ether oxygens (including phenoxy) is 2. The van der Waals surface area contributed by atoms with Crippen LogP contribution in [0.3, 0.4) is 0 Å². The SMILES string of the molecule is CCCCCCCC/C=C/CCCCCCCCCCCC(=O)OC[C@H](COP(=O)(O)OCCN)OC(=O)CCCCCCCCCCCCCCCCC. The lowest BCUT2D eigenvalue weighted by atomic mass is 10.0. The predicted octanol–water partition coefficient (Wildman–Crippen LogP) is 13.4. The Morgan fingerprint density at radius 3 is 1.29 bits per heavy atom. The number of unbranched alkanes of at least 4 members (excludes halogenated alkanes) is 29. The summed E-state index contributed by atoms with van der Waals surface area (Å²) in [6, 6.07) is 0. The van der Waals surface area contributed by atoms with Gasteiger partial charge in [0.15, 0.2) is 6.10 Å². The fourth-order valence-electron chi connectivity index (χ4n) is 6.69. The summed E-state index contributed by atoms with van der Waals surface area (Å²) < 4.78 is 32.8. The Balaban J connectivity index is 4.07. The van der Waals surface area contributed by atoms with Gasteiger partial charge in [0.2, 0.25) is 0 Å². The average molecular weight is 802 g/mol. The second kappa shape index (κ2) is 42.4. The van der Waals surface area contributed by atoms with Gasteiger partial charge in [0.25, 0.3) is 0 Å². The van der Waals surface area contributed by atoms with Crippen LogP contribution in [0.4, 0.5) is 0 Å². The van der Waals surface area contributed by atoms with Gasteiger partial charge >= 0.3 is 19.8 Å². The van der Waals surface area contributed by atoms with Crippen LogP contribution in [0.1, 0.15) is 232 Å². The third kappa shape index (κ3) is 42.2. The third-order valence-corrected chi connectivity index (χ3v) is 11.1. The molecule has 0 radical (unpaired) electrons. The first-order chi connectivity index (χ1) is 26.8. The van der Waals surface area contributed by atoms with E-state index in [1.54, 1.807) is 0 Å². The van der Waals surface area contributed by atoms with E-state index in [0.717, 1.165) is 32.1 Å². The summed E-state index contributed by atoms with van der Waals surface area (Å²) in [5, 5.41) is 0. The highest BCUT2D eigenvalue weighted by Crippen LogP contribution is 2.43. The molecule has 0 aliphatic heterocycles. The first kappa shape index (κ1) is 53.8. The van der Waals surface area contributed by atoms with E-state index in [4.69, 9.17) is 24.3 Å². The highest BCUT2D eigenvalue weighted by atomic mass is 31.2. The quantitative estimate of drug-likeness (QED) is 0.0267. The van der Waals surface area contributed by atoms with Gasteiger partial charge in [0.1, 0.15) is 6.61 Å². The molecule has 2 atom stereocenters. The Kier molecular flexibility index (Phi) is 41.4. The molecule has 0 heterocycles. The number of hydrogen-bond acceptors (Lipinski definition) is 8. The van der Waals surface area contributed by atoms with Crippen LogP contribution in [0.2, 0.25) is 0 Å². The molecule has 10 heteroatoms. The molecule has 326 valence electrons. The summed E-state index contributed by atoms with van der Waals surface area (Å²) >= 11 is 0. The molecule has 0 aromatic heterocycles. The second-order valence-electron chi connectivity index (χ2n) is 15.6. The van der Waals surface area contributed by atoms with Crippen molar-refractivity contribution in [3.63, 3.8) is 0 Å². The molecule has 0 aliphatic rings. The van der Waals surface area contributed by atoms with Gasteiger partial charge in [0, 0.05) is 19.4 Å². The maximum Gasteiger partial charge on any atom is 0.472 e. The van der Waals surface area contributed by atoms with Gasteiger partial charge in [-0.3, -0.25) is 18.6 Å². The number of carbonyl (C=O) groups is 2. The molecule has 0 saturated carbocycles. The molecule has 0 spiro atoms. The lowest BCUT2D eigenvalue weighted by molar-refractivity contribution is -0.161. The molecule has 0 amide bonds. The van der Waals surface area contributed by atoms with Gasteiger partial charge in [-0.05, 0) is 38.5 Å². The van der Waals surface area contributed by atoms with E-state index < -0.39 is 26.5 Å². The Morgan fingerprint density at radius 2 is 0.891 bits per heavy atom.